The molecule has 1 aromatic heterocycles. The van der Waals surface area contributed by atoms with E-state index in [-0.39, 0.29) is 12.3 Å². The normalized spacial score (nSPS) is 13.9. The molecule has 1 amide bonds. The first-order chi connectivity index (χ1) is 22.5. The number of carbonyl (C=O) groups is 2. The second-order valence-corrected chi connectivity index (χ2v) is 13.0. The molecule has 3 aromatic carbocycles. The quantitative estimate of drug-likeness (QED) is 0.0692. The Kier molecular flexibility index (Phi) is 12.2. The molecule has 0 unspecified atom stereocenters. The summed E-state index contributed by atoms with van der Waals surface area (Å²) in [6.07, 6.45) is 12.2. The minimum Gasteiger partial charge on any atom is -0.489 e. The number of amides is 1. The Bertz CT molecular complexity index is 1650. The summed E-state index contributed by atoms with van der Waals surface area (Å²) in [6, 6.07) is 27.9. The number of rotatable bonds is 17. The maximum absolute atomic E-state index is 13.5. The predicted octanol–water partition coefficient (Wildman–Crippen LogP) is 8.92. The van der Waals surface area contributed by atoms with Gasteiger partial charge in [-0.2, -0.15) is 5.10 Å². The van der Waals surface area contributed by atoms with Gasteiger partial charge < -0.3 is 9.84 Å². The van der Waals surface area contributed by atoms with E-state index < -0.39 is 5.97 Å². The van der Waals surface area contributed by atoms with E-state index in [4.69, 9.17) is 27.2 Å². The van der Waals surface area contributed by atoms with E-state index in [1.807, 2.05) is 102 Å². The van der Waals surface area contributed by atoms with Crippen LogP contribution in [0.15, 0.2) is 96.0 Å². The second-order valence-electron chi connectivity index (χ2n) is 11.3. The molecule has 0 atom stereocenters. The highest BCUT2D eigenvalue weighted by Crippen LogP contribution is 2.35. The fourth-order valence-electron chi connectivity index (χ4n) is 5.35. The molecular formula is C37H39N3O4S2. The molecule has 0 bridgehead atoms. The average Bonchev–Trinajstić information content (AvgIpc) is 3.61. The van der Waals surface area contributed by atoms with Crippen LogP contribution in [0.4, 0.5) is 0 Å². The van der Waals surface area contributed by atoms with Gasteiger partial charge >= 0.3 is 5.97 Å². The van der Waals surface area contributed by atoms with E-state index in [1.54, 1.807) is 4.90 Å². The number of para-hydroxylation sites is 1. The molecular weight excluding hydrogens is 615 g/mol. The van der Waals surface area contributed by atoms with Gasteiger partial charge in [-0.1, -0.05) is 123 Å². The summed E-state index contributed by atoms with van der Waals surface area (Å²) in [5.41, 5.74) is 4.49. The number of aromatic nitrogens is 2. The fraction of sp³-hybridized carbons (Fsp3) is 0.297. The van der Waals surface area contributed by atoms with Crippen LogP contribution in [0.2, 0.25) is 0 Å². The van der Waals surface area contributed by atoms with Crippen LogP contribution < -0.4 is 4.74 Å². The Labute approximate surface area is 280 Å². The van der Waals surface area contributed by atoms with Gasteiger partial charge in [-0.15, -0.1) is 0 Å². The Morgan fingerprint density at radius 2 is 1.54 bits per heavy atom. The second kappa shape index (κ2) is 16.9. The van der Waals surface area contributed by atoms with Crippen molar-refractivity contribution in [1.29, 1.82) is 0 Å². The van der Waals surface area contributed by atoms with Crippen LogP contribution in [0.1, 0.15) is 68.9 Å². The van der Waals surface area contributed by atoms with E-state index in [1.165, 1.54) is 11.8 Å². The number of carboxylic acid groups (broad SMARTS) is 1. The van der Waals surface area contributed by atoms with Gasteiger partial charge in [0.25, 0.3) is 5.91 Å². The summed E-state index contributed by atoms with van der Waals surface area (Å²) >= 11 is 6.97. The molecule has 238 valence electrons. The Hall–Kier alpha value is -4.21. The van der Waals surface area contributed by atoms with Crippen molar-refractivity contribution in [1.82, 2.24) is 14.7 Å². The molecule has 5 rings (SSSR count). The van der Waals surface area contributed by atoms with Crippen molar-refractivity contribution in [3.63, 3.8) is 0 Å². The average molecular weight is 654 g/mol. The van der Waals surface area contributed by atoms with Gasteiger partial charge in [0.1, 0.15) is 22.4 Å². The lowest BCUT2D eigenvalue weighted by atomic mass is 10.1. The number of hydrogen-bond acceptors (Lipinski definition) is 6. The third-order valence-electron chi connectivity index (χ3n) is 7.80. The summed E-state index contributed by atoms with van der Waals surface area (Å²) < 4.78 is 8.53. The molecule has 1 N–H and O–H groups in total. The lowest BCUT2D eigenvalue weighted by Crippen LogP contribution is -2.29. The molecule has 2 heterocycles. The van der Waals surface area contributed by atoms with Crippen molar-refractivity contribution in [2.24, 2.45) is 0 Å². The molecule has 9 heteroatoms. The van der Waals surface area contributed by atoms with Crippen LogP contribution >= 0.6 is 24.0 Å². The first kappa shape index (κ1) is 33.2. The van der Waals surface area contributed by atoms with Gasteiger partial charge in [0, 0.05) is 30.3 Å². The number of carbonyl (C=O) groups excluding carboxylic acids is 1. The summed E-state index contributed by atoms with van der Waals surface area (Å²) in [6.45, 7) is 1.07. The van der Waals surface area contributed by atoms with E-state index in [9.17, 15) is 9.59 Å². The molecule has 46 heavy (non-hydrogen) atoms. The number of thioether (sulfide) groups is 1. The number of nitrogens with zero attached hydrogens (tertiary/aromatic N) is 3. The van der Waals surface area contributed by atoms with E-state index >= 15 is 0 Å². The van der Waals surface area contributed by atoms with Crippen LogP contribution in [0, 0.1) is 0 Å². The first-order valence-corrected chi connectivity index (χ1v) is 17.1. The van der Waals surface area contributed by atoms with Crippen LogP contribution in [0.25, 0.3) is 23.0 Å². The Morgan fingerprint density at radius 1 is 0.870 bits per heavy atom. The zero-order valence-corrected chi connectivity index (χ0v) is 27.5. The third kappa shape index (κ3) is 9.40. The van der Waals surface area contributed by atoms with Crippen molar-refractivity contribution < 1.29 is 19.4 Å². The van der Waals surface area contributed by atoms with Crippen molar-refractivity contribution >= 4 is 46.3 Å². The summed E-state index contributed by atoms with van der Waals surface area (Å²) in [5, 5.41) is 13.7. The van der Waals surface area contributed by atoms with Gasteiger partial charge in [-0.25, -0.2) is 4.68 Å². The molecule has 0 radical (unpaired) electrons. The smallest absolute Gasteiger partial charge is 0.303 e. The largest absolute Gasteiger partial charge is 0.489 e. The van der Waals surface area contributed by atoms with Gasteiger partial charge in [0.15, 0.2) is 0 Å². The highest BCUT2D eigenvalue weighted by atomic mass is 32.2. The van der Waals surface area contributed by atoms with E-state index in [0.29, 0.717) is 22.4 Å². The molecule has 1 aliphatic heterocycles. The topological polar surface area (TPSA) is 84.7 Å². The van der Waals surface area contributed by atoms with Crippen molar-refractivity contribution in [2.45, 2.75) is 64.4 Å². The lowest BCUT2D eigenvalue weighted by molar-refractivity contribution is -0.137. The minimum absolute atomic E-state index is 0.0632. The van der Waals surface area contributed by atoms with Crippen molar-refractivity contribution in [2.75, 3.05) is 6.54 Å². The molecule has 0 aliphatic carbocycles. The molecule has 1 saturated heterocycles. The number of hydrogen-bond donors (Lipinski definition) is 1. The standard InChI is InChI=1S/C37H39N3O4S2/c41-34(42)22-13-5-3-1-2-4-6-14-23-39-36(43)33(46-37(39)45)25-30-26-40(31-19-11-8-12-20-31)38-35(30)29-18-15-21-32(24-29)44-27-28-16-9-7-10-17-28/h7-12,15-21,24-26H,1-6,13-14,22-23,27H2,(H,41,42)/b33-25-. The zero-order valence-electron chi connectivity index (χ0n) is 25.8. The monoisotopic (exact) mass is 653 g/mol. The zero-order chi connectivity index (χ0) is 32.1. The van der Waals surface area contributed by atoms with E-state index in [2.05, 4.69) is 0 Å². The molecule has 4 aromatic rings. The summed E-state index contributed by atoms with van der Waals surface area (Å²) in [5.74, 6) is -0.0406. The number of ether oxygens (including phenoxy) is 1. The van der Waals surface area contributed by atoms with Gasteiger partial charge in [-0.05, 0) is 48.7 Å². The third-order valence-corrected chi connectivity index (χ3v) is 9.18. The van der Waals surface area contributed by atoms with Crippen molar-refractivity contribution in [3.8, 4) is 22.7 Å². The number of carboxylic acids is 1. The van der Waals surface area contributed by atoms with Gasteiger partial charge in [0.05, 0.1) is 10.6 Å². The van der Waals surface area contributed by atoms with Crippen LogP contribution in [-0.4, -0.2) is 42.5 Å². The van der Waals surface area contributed by atoms with Crippen LogP contribution in [0.5, 0.6) is 5.75 Å². The highest BCUT2D eigenvalue weighted by Gasteiger charge is 2.32. The van der Waals surface area contributed by atoms with Crippen LogP contribution in [-0.2, 0) is 16.2 Å². The molecule has 7 nitrogen and oxygen atoms in total. The number of thiocarbonyl (C=S) groups is 1. The SMILES string of the molecule is O=C(O)CCCCCCCCCCN1C(=O)/C(=C/c2cn(-c3ccccc3)nc2-c2cccc(OCc3ccccc3)c2)SC1=S. The number of aliphatic carboxylic acids is 1. The minimum atomic E-state index is -0.719. The van der Waals surface area contributed by atoms with E-state index in [0.717, 1.165) is 85.2 Å². The first-order valence-electron chi connectivity index (χ1n) is 15.9. The number of unbranched alkanes of at least 4 members (excludes halogenated alkanes) is 7. The Balaban J connectivity index is 1.25. The fourth-order valence-corrected chi connectivity index (χ4v) is 6.64. The Morgan fingerprint density at radius 3 is 2.26 bits per heavy atom. The maximum atomic E-state index is 13.5. The maximum Gasteiger partial charge on any atom is 0.303 e. The lowest BCUT2D eigenvalue weighted by Gasteiger charge is -2.14. The predicted molar refractivity (Wildman–Crippen MR) is 189 cm³/mol. The molecule has 0 spiro atoms. The summed E-state index contributed by atoms with van der Waals surface area (Å²) in [4.78, 5) is 26.4. The van der Waals surface area contributed by atoms with Gasteiger partial charge in [0.2, 0.25) is 0 Å². The number of benzene rings is 3. The molecule has 1 aliphatic rings. The van der Waals surface area contributed by atoms with Crippen molar-refractivity contribution in [3.05, 3.63) is 107 Å². The highest BCUT2D eigenvalue weighted by molar-refractivity contribution is 8.26. The van der Waals surface area contributed by atoms with Crippen LogP contribution in [0.3, 0.4) is 0 Å². The summed E-state index contributed by atoms with van der Waals surface area (Å²) in [7, 11) is 0. The molecule has 0 saturated carbocycles. The van der Waals surface area contributed by atoms with Gasteiger partial charge in [-0.3, -0.25) is 14.5 Å². The molecule has 1 fully saturated rings.